The van der Waals surface area contributed by atoms with E-state index in [0.717, 1.165) is 51.4 Å². The molecule has 46 heavy (non-hydrogen) atoms. The van der Waals surface area contributed by atoms with Crippen LogP contribution in [0.3, 0.4) is 0 Å². The summed E-state index contributed by atoms with van der Waals surface area (Å²) in [5, 5.41) is 9.53. The molecule has 0 aromatic carbocycles. The third-order valence-electron chi connectivity index (χ3n) is 7.89. The molecule has 1 N–H and O–H groups in total. The minimum Gasteiger partial charge on any atom is -0.462 e. The third-order valence-corrected chi connectivity index (χ3v) is 7.89. The van der Waals surface area contributed by atoms with Gasteiger partial charge in [0.2, 0.25) is 0 Å². The van der Waals surface area contributed by atoms with Crippen molar-refractivity contribution in [2.24, 2.45) is 0 Å². The minimum atomic E-state index is -0.790. The van der Waals surface area contributed by atoms with E-state index < -0.39 is 6.10 Å². The Balaban J connectivity index is 3.62. The maximum absolute atomic E-state index is 12.2. The summed E-state index contributed by atoms with van der Waals surface area (Å²) in [5.74, 6) is -0.646. The number of rotatable bonds is 33. The minimum absolute atomic E-state index is 0.0901. The van der Waals surface area contributed by atoms with Crippen LogP contribution in [0.4, 0.5) is 0 Å². The number of hydrogen-bond acceptors (Lipinski definition) is 5. The fraction of sp³-hybridized carbons (Fsp3) is 0.707. The Kier molecular flexibility index (Phi) is 35.1. The zero-order chi connectivity index (χ0) is 33.6. The molecule has 0 bridgehead atoms. The van der Waals surface area contributed by atoms with Gasteiger partial charge in [-0.3, -0.25) is 9.59 Å². The Morgan fingerprint density at radius 2 is 0.957 bits per heavy atom. The highest BCUT2D eigenvalue weighted by Gasteiger charge is 2.16. The summed E-state index contributed by atoms with van der Waals surface area (Å²) in [6.07, 6.45) is 47.1. The molecule has 0 rings (SSSR count). The van der Waals surface area contributed by atoms with Crippen molar-refractivity contribution in [2.75, 3.05) is 13.2 Å². The van der Waals surface area contributed by atoms with Crippen molar-refractivity contribution in [3.63, 3.8) is 0 Å². The number of allylic oxidation sites excluding steroid dienone is 10. The van der Waals surface area contributed by atoms with Gasteiger partial charge >= 0.3 is 11.9 Å². The highest BCUT2D eigenvalue weighted by Crippen LogP contribution is 2.13. The van der Waals surface area contributed by atoms with Crippen molar-refractivity contribution in [3.05, 3.63) is 60.8 Å². The normalized spacial score (nSPS) is 12.8. The van der Waals surface area contributed by atoms with Crippen LogP contribution in [0.2, 0.25) is 0 Å². The van der Waals surface area contributed by atoms with Gasteiger partial charge in [-0.2, -0.15) is 0 Å². The standard InChI is InChI=1S/C41H70O5/c1-3-5-7-9-11-13-15-17-18-19-20-21-22-24-26-28-30-32-34-36-41(44)46-39(37-42)38-45-40(43)35-33-31-29-27-25-23-16-14-12-10-8-6-4-2/h6,8,10,12,14,16,19-20,23,25,39,42H,3-5,7,9,11,13,15,17-18,21-22,24,26-38H2,1-2H3/b8-6+,12-10+,16-14+,20-19+,25-23+. The first-order valence-corrected chi connectivity index (χ1v) is 18.9. The summed E-state index contributed by atoms with van der Waals surface area (Å²) >= 11 is 0. The van der Waals surface area contributed by atoms with E-state index in [1.807, 2.05) is 36.5 Å². The Morgan fingerprint density at radius 1 is 0.522 bits per heavy atom. The van der Waals surface area contributed by atoms with E-state index in [-0.39, 0.29) is 25.2 Å². The summed E-state index contributed by atoms with van der Waals surface area (Å²) < 4.78 is 10.5. The van der Waals surface area contributed by atoms with Crippen LogP contribution in [0, 0.1) is 0 Å². The quantitative estimate of drug-likeness (QED) is 0.0334. The molecule has 264 valence electrons. The fourth-order valence-electron chi connectivity index (χ4n) is 5.03. The van der Waals surface area contributed by atoms with Gasteiger partial charge in [0.15, 0.2) is 6.10 Å². The van der Waals surface area contributed by atoms with E-state index in [2.05, 4.69) is 38.2 Å². The van der Waals surface area contributed by atoms with Crippen LogP contribution < -0.4 is 0 Å². The van der Waals surface area contributed by atoms with Crippen molar-refractivity contribution in [2.45, 2.75) is 174 Å². The molecule has 5 nitrogen and oxygen atoms in total. The van der Waals surface area contributed by atoms with E-state index in [1.165, 1.54) is 89.9 Å². The number of esters is 2. The van der Waals surface area contributed by atoms with E-state index in [1.54, 1.807) is 0 Å². The van der Waals surface area contributed by atoms with Crippen molar-refractivity contribution >= 4 is 11.9 Å². The number of ether oxygens (including phenoxy) is 2. The van der Waals surface area contributed by atoms with Crippen molar-refractivity contribution in [1.29, 1.82) is 0 Å². The van der Waals surface area contributed by atoms with Crippen molar-refractivity contribution in [3.8, 4) is 0 Å². The molecule has 0 aliphatic rings. The topological polar surface area (TPSA) is 72.8 Å². The van der Waals surface area contributed by atoms with Gasteiger partial charge < -0.3 is 14.6 Å². The van der Waals surface area contributed by atoms with Crippen LogP contribution in [-0.4, -0.2) is 36.4 Å². The zero-order valence-electron chi connectivity index (χ0n) is 29.8. The number of carbonyl (C=O) groups is 2. The summed E-state index contributed by atoms with van der Waals surface area (Å²) in [6, 6.07) is 0. The second-order valence-electron chi connectivity index (χ2n) is 12.4. The molecule has 0 heterocycles. The first kappa shape index (κ1) is 43.6. The predicted octanol–water partition coefficient (Wildman–Crippen LogP) is 11.6. The molecule has 0 aliphatic carbocycles. The number of hydrogen-bond donors (Lipinski definition) is 1. The highest BCUT2D eigenvalue weighted by atomic mass is 16.6. The molecule has 0 spiro atoms. The molecule has 1 unspecified atom stereocenters. The second-order valence-corrected chi connectivity index (χ2v) is 12.4. The van der Waals surface area contributed by atoms with Gasteiger partial charge in [-0.05, 0) is 57.8 Å². The predicted molar refractivity (Wildman–Crippen MR) is 196 cm³/mol. The smallest absolute Gasteiger partial charge is 0.306 e. The fourth-order valence-corrected chi connectivity index (χ4v) is 5.03. The average molecular weight is 643 g/mol. The number of carbonyl (C=O) groups excluding carboxylic acids is 2. The lowest BCUT2D eigenvalue weighted by Gasteiger charge is -2.15. The number of unbranched alkanes of at least 4 members (excludes halogenated alkanes) is 18. The third kappa shape index (κ3) is 34.5. The Bertz CT molecular complexity index is 823. The van der Waals surface area contributed by atoms with Gasteiger partial charge in [0.1, 0.15) is 6.61 Å². The van der Waals surface area contributed by atoms with Gasteiger partial charge in [0.25, 0.3) is 0 Å². The summed E-state index contributed by atoms with van der Waals surface area (Å²) in [4.78, 5) is 24.2. The molecule has 0 aliphatic heterocycles. The second kappa shape index (κ2) is 37.1. The Labute approximate surface area is 283 Å². The lowest BCUT2D eigenvalue weighted by molar-refractivity contribution is -0.161. The monoisotopic (exact) mass is 643 g/mol. The van der Waals surface area contributed by atoms with Gasteiger partial charge in [-0.25, -0.2) is 0 Å². The van der Waals surface area contributed by atoms with Gasteiger partial charge in [-0.15, -0.1) is 0 Å². The highest BCUT2D eigenvalue weighted by molar-refractivity contribution is 5.70. The summed E-state index contributed by atoms with van der Waals surface area (Å²) in [7, 11) is 0. The van der Waals surface area contributed by atoms with Gasteiger partial charge in [-0.1, -0.05) is 158 Å². The number of aliphatic hydroxyl groups excluding tert-OH is 1. The molecular formula is C41H70O5. The Hall–Kier alpha value is -2.40. The molecule has 0 saturated carbocycles. The molecule has 1 atom stereocenters. The van der Waals surface area contributed by atoms with Gasteiger partial charge in [0, 0.05) is 12.8 Å². The maximum atomic E-state index is 12.2. The number of aliphatic hydroxyl groups is 1. The Morgan fingerprint density at radius 3 is 1.50 bits per heavy atom. The van der Waals surface area contributed by atoms with Crippen LogP contribution in [-0.2, 0) is 19.1 Å². The zero-order valence-corrected chi connectivity index (χ0v) is 29.8. The molecular weight excluding hydrogens is 572 g/mol. The van der Waals surface area contributed by atoms with Crippen molar-refractivity contribution in [1.82, 2.24) is 0 Å². The average Bonchev–Trinajstić information content (AvgIpc) is 3.06. The van der Waals surface area contributed by atoms with Crippen LogP contribution >= 0.6 is 0 Å². The lowest BCUT2D eigenvalue weighted by atomic mass is 10.1. The van der Waals surface area contributed by atoms with Crippen LogP contribution in [0.1, 0.15) is 168 Å². The molecule has 0 aromatic rings. The van der Waals surface area contributed by atoms with E-state index in [9.17, 15) is 14.7 Å². The molecule has 0 radical (unpaired) electrons. The molecule has 5 heteroatoms. The largest absolute Gasteiger partial charge is 0.462 e. The summed E-state index contributed by atoms with van der Waals surface area (Å²) in [6.45, 7) is 3.95. The molecule has 0 aromatic heterocycles. The summed E-state index contributed by atoms with van der Waals surface area (Å²) in [5.41, 5.74) is 0. The van der Waals surface area contributed by atoms with Crippen molar-refractivity contribution < 1.29 is 24.2 Å². The van der Waals surface area contributed by atoms with E-state index in [4.69, 9.17) is 9.47 Å². The first-order chi connectivity index (χ1) is 22.6. The van der Waals surface area contributed by atoms with Crippen LogP contribution in [0.15, 0.2) is 60.8 Å². The van der Waals surface area contributed by atoms with Crippen LogP contribution in [0.5, 0.6) is 0 Å². The molecule has 0 fully saturated rings. The van der Waals surface area contributed by atoms with E-state index >= 15 is 0 Å². The maximum Gasteiger partial charge on any atom is 0.306 e. The van der Waals surface area contributed by atoms with Gasteiger partial charge in [0.05, 0.1) is 6.61 Å². The SMILES string of the molecule is CC/C=C/C=C/C=C/C=C/CCCCCC(=O)OCC(CO)OC(=O)CCCCCCCCC/C=C/CCCCCCCCCC. The first-order valence-electron chi connectivity index (χ1n) is 18.9. The lowest BCUT2D eigenvalue weighted by Crippen LogP contribution is -2.28. The van der Waals surface area contributed by atoms with Crippen LogP contribution in [0.25, 0.3) is 0 Å². The molecule has 0 saturated heterocycles. The molecule has 0 amide bonds. The van der Waals surface area contributed by atoms with E-state index in [0.29, 0.717) is 12.8 Å².